The third kappa shape index (κ3) is 5.01. The Kier molecular flexibility index (Phi) is 6.60. The van der Waals surface area contributed by atoms with Crippen molar-refractivity contribution in [1.29, 1.82) is 0 Å². The minimum atomic E-state index is -0.362. The van der Waals surface area contributed by atoms with Crippen molar-refractivity contribution in [3.8, 4) is 11.4 Å². The van der Waals surface area contributed by atoms with Crippen LogP contribution in [-0.4, -0.2) is 35.9 Å². The van der Waals surface area contributed by atoms with Crippen LogP contribution in [0.1, 0.15) is 65.0 Å². The van der Waals surface area contributed by atoms with E-state index in [2.05, 4.69) is 75.1 Å². The van der Waals surface area contributed by atoms with Crippen molar-refractivity contribution in [2.24, 2.45) is 0 Å². The number of aromatic nitrogens is 5. The molecule has 1 aliphatic rings. The van der Waals surface area contributed by atoms with Gasteiger partial charge in [0.15, 0.2) is 11.0 Å². The maximum atomic E-state index is 12.7. The average molecular weight is 451 g/mol. The van der Waals surface area contributed by atoms with Crippen molar-refractivity contribution >= 4 is 23.6 Å². The number of thioether (sulfide) groups is 1. The van der Waals surface area contributed by atoms with Gasteiger partial charge in [-0.1, -0.05) is 69.6 Å². The predicted molar refractivity (Wildman–Crippen MR) is 128 cm³/mol. The van der Waals surface area contributed by atoms with E-state index < -0.39 is 0 Å². The fourth-order valence-electron chi connectivity index (χ4n) is 3.95. The van der Waals surface area contributed by atoms with Crippen LogP contribution in [0.5, 0.6) is 0 Å². The van der Waals surface area contributed by atoms with Crippen molar-refractivity contribution in [3.05, 3.63) is 48.3 Å². The van der Waals surface area contributed by atoms with E-state index in [1.807, 2.05) is 6.92 Å². The van der Waals surface area contributed by atoms with Gasteiger partial charge in [-0.25, -0.2) is 9.97 Å². The van der Waals surface area contributed by atoms with Crippen LogP contribution < -0.4 is 5.32 Å². The van der Waals surface area contributed by atoms with Crippen molar-refractivity contribution < 1.29 is 4.79 Å². The lowest BCUT2D eigenvalue weighted by molar-refractivity contribution is -0.115. The molecule has 8 heteroatoms. The molecular formula is C24H30N6OS. The zero-order valence-electron chi connectivity index (χ0n) is 19.1. The Labute approximate surface area is 193 Å². The van der Waals surface area contributed by atoms with E-state index in [-0.39, 0.29) is 16.6 Å². The maximum Gasteiger partial charge on any atom is 0.240 e. The minimum absolute atomic E-state index is 0.101. The summed E-state index contributed by atoms with van der Waals surface area (Å²) in [7, 11) is 0. The topological polar surface area (TPSA) is 85.6 Å². The Bertz CT molecular complexity index is 1050. The molecule has 2 aromatic heterocycles. The van der Waals surface area contributed by atoms with E-state index in [4.69, 9.17) is 0 Å². The van der Waals surface area contributed by atoms with Gasteiger partial charge in [0.1, 0.15) is 0 Å². The highest BCUT2D eigenvalue weighted by molar-refractivity contribution is 8.00. The maximum absolute atomic E-state index is 12.7. The first kappa shape index (κ1) is 22.5. The molecule has 0 aliphatic heterocycles. The molecule has 1 unspecified atom stereocenters. The number of rotatable bonds is 6. The van der Waals surface area contributed by atoms with Crippen molar-refractivity contribution in [1.82, 2.24) is 24.7 Å². The van der Waals surface area contributed by atoms with Crippen LogP contribution in [0.15, 0.2) is 47.9 Å². The summed E-state index contributed by atoms with van der Waals surface area (Å²) in [4.78, 5) is 20.8. The molecule has 0 bridgehead atoms. The van der Waals surface area contributed by atoms with Crippen LogP contribution in [0.4, 0.5) is 5.95 Å². The molecule has 0 spiro atoms. The number of carbonyl (C=O) groups excluding carboxylic acids is 1. The number of carbonyl (C=O) groups is 1. The molecule has 0 radical (unpaired) electrons. The smallest absolute Gasteiger partial charge is 0.240 e. The van der Waals surface area contributed by atoms with Gasteiger partial charge in [-0.2, -0.15) is 0 Å². The first-order chi connectivity index (χ1) is 15.3. The largest absolute Gasteiger partial charge is 0.299 e. The normalized spacial score (nSPS) is 15.6. The fourth-order valence-corrected chi connectivity index (χ4v) is 4.87. The minimum Gasteiger partial charge on any atom is -0.299 e. The van der Waals surface area contributed by atoms with Crippen molar-refractivity contribution in [2.45, 2.75) is 75.2 Å². The van der Waals surface area contributed by atoms with Gasteiger partial charge >= 0.3 is 0 Å². The summed E-state index contributed by atoms with van der Waals surface area (Å²) in [5, 5.41) is 12.2. The summed E-state index contributed by atoms with van der Waals surface area (Å²) in [6.45, 7) is 8.51. The summed E-state index contributed by atoms with van der Waals surface area (Å²) < 4.78 is 2.24. The number of hydrogen-bond donors (Lipinski definition) is 1. The van der Waals surface area contributed by atoms with Gasteiger partial charge in [-0.3, -0.25) is 14.7 Å². The second-order valence-electron chi connectivity index (χ2n) is 9.26. The lowest BCUT2D eigenvalue weighted by Crippen LogP contribution is -2.24. The molecule has 3 aromatic rings. The van der Waals surface area contributed by atoms with Gasteiger partial charge in [0.25, 0.3) is 0 Å². The zero-order chi connectivity index (χ0) is 22.7. The molecule has 4 rings (SSSR count). The second kappa shape index (κ2) is 9.40. The SMILES string of the molecule is CC(Sc1nnc(-c2ccc(C(C)(C)C)cc2)n1C1CCCC1)C(=O)Nc1ncccn1. The van der Waals surface area contributed by atoms with E-state index in [9.17, 15) is 4.79 Å². The summed E-state index contributed by atoms with van der Waals surface area (Å²) in [5.74, 6) is 1.03. The molecule has 2 heterocycles. The Morgan fingerprint density at radius 3 is 2.38 bits per heavy atom. The number of benzene rings is 1. The summed E-state index contributed by atoms with van der Waals surface area (Å²) in [5.41, 5.74) is 2.44. The average Bonchev–Trinajstić information content (AvgIpc) is 3.43. The highest BCUT2D eigenvalue weighted by Gasteiger charge is 2.27. The fraction of sp³-hybridized carbons (Fsp3) is 0.458. The van der Waals surface area contributed by atoms with Crippen LogP contribution >= 0.6 is 11.8 Å². The zero-order valence-corrected chi connectivity index (χ0v) is 19.9. The lowest BCUT2D eigenvalue weighted by Gasteiger charge is -2.20. The van der Waals surface area contributed by atoms with Gasteiger partial charge in [0, 0.05) is 24.0 Å². The first-order valence-electron chi connectivity index (χ1n) is 11.1. The van der Waals surface area contributed by atoms with Crippen molar-refractivity contribution in [3.63, 3.8) is 0 Å². The van der Waals surface area contributed by atoms with Crippen molar-refractivity contribution in [2.75, 3.05) is 5.32 Å². The number of amides is 1. The number of anilines is 1. The third-order valence-electron chi connectivity index (χ3n) is 5.82. The molecule has 1 N–H and O–H groups in total. The number of hydrogen-bond acceptors (Lipinski definition) is 6. The quantitative estimate of drug-likeness (QED) is 0.515. The molecule has 1 aromatic carbocycles. The van der Waals surface area contributed by atoms with E-state index >= 15 is 0 Å². The van der Waals surface area contributed by atoms with E-state index in [1.165, 1.54) is 30.2 Å². The molecule has 1 atom stereocenters. The number of nitrogens with zero attached hydrogens (tertiary/aromatic N) is 5. The van der Waals surface area contributed by atoms with Gasteiger partial charge in [0.05, 0.1) is 5.25 Å². The lowest BCUT2D eigenvalue weighted by atomic mass is 9.86. The molecule has 1 amide bonds. The van der Waals surface area contributed by atoms with Crippen LogP contribution in [0.2, 0.25) is 0 Å². The van der Waals surface area contributed by atoms with E-state index in [1.54, 1.807) is 18.5 Å². The van der Waals surface area contributed by atoms with E-state index in [0.717, 1.165) is 29.4 Å². The Hall–Kier alpha value is -2.74. The third-order valence-corrected chi connectivity index (χ3v) is 6.87. The highest BCUT2D eigenvalue weighted by Crippen LogP contribution is 2.38. The highest BCUT2D eigenvalue weighted by atomic mass is 32.2. The first-order valence-corrected chi connectivity index (χ1v) is 12.0. The van der Waals surface area contributed by atoms with E-state index in [0.29, 0.717) is 12.0 Å². The molecule has 1 fully saturated rings. The van der Waals surface area contributed by atoms with Crippen LogP contribution in [-0.2, 0) is 10.2 Å². The summed E-state index contributed by atoms with van der Waals surface area (Å²) in [6.07, 6.45) is 7.84. The summed E-state index contributed by atoms with van der Waals surface area (Å²) in [6, 6.07) is 10.7. The van der Waals surface area contributed by atoms with Gasteiger partial charge < -0.3 is 0 Å². The van der Waals surface area contributed by atoms with Gasteiger partial charge in [-0.15, -0.1) is 10.2 Å². The Morgan fingerprint density at radius 2 is 1.75 bits per heavy atom. The molecular weight excluding hydrogens is 420 g/mol. The van der Waals surface area contributed by atoms with Crippen LogP contribution in [0.25, 0.3) is 11.4 Å². The Balaban J connectivity index is 1.59. The molecule has 0 saturated heterocycles. The molecule has 32 heavy (non-hydrogen) atoms. The van der Waals surface area contributed by atoms with Crippen LogP contribution in [0.3, 0.4) is 0 Å². The van der Waals surface area contributed by atoms with Gasteiger partial charge in [0.2, 0.25) is 11.9 Å². The molecule has 7 nitrogen and oxygen atoms in total. The summed E-state index contributed by atoms with van der Waals surface area (Å²) >= 11 is 1.43. The van der Waals surface area contributed by atoms with Crippen LogP contribution in [0, 0.1) is 0 Å². The monoisotopic (exact) mass is 450 g/mol. The van der Waals surface area contributed by atoms with Gasteiger partial charge in [-0.05, 0) is 36.8 Å². The number of nitrogens with one attached hydrogen (secondary N) is 1. The molecule has 168 valence electrons. The predicted octanol–water partition coefficient (Wildman–Crippen LogP) is 5.27. The second-order valence-corrected chi connectivity index (χ2v) is 10.6. The molecule has 1 saturated carbocycles. The Morgan fingerprint density at radius 1 is 1.09 bits per heavy atom. The molecule has 1 aliphatic carbocycles. The standard InChI is InChI=1S/C24H30N6OS/c1-16(21(31)27-22-25-14-7-15-26-22)32-23-29-28-20(30(23)19-8-5-6-9-19)17-10-12-18(13-11-17)24(2,3)4/h7,10-16,19H,5-6,8-9H2,1-4H3,(H,25,26,27,31).